The fourth-order valence-electron chi connectivity index (χ4n) is 4.24. The maximum absolute atomic E-state index is 12.6. The molecular weight excluding hydrogens is 372 g/mol. The maximum Gasteiger partial charge on any atom is 0.329 e. The second-order valence-corrected chi connectivity index (χ2v) is 8.06. The van der Waals surface area contributed by atoms with Crippen LogP contribution in [0, 0.1) is 25.7 Å². The monoisotopic (exact) mass is 400 g/mol. The minimum Gasteiger partial charge on any atom is -0.451 e. The zero-order valence-electron chi connectivity index (χ0n) is 17.4. The predicted molar refractivity (Wildman–Crippen MR) is 107 cm³/mol. The van der Waals surface area contributed by atoms with Gasteiger partial charge in [-0.1, -0.05) is 31.0 Å². The Morgan fingerprint density at radius 2 is 1.55 bits per heavy atom. The largest absolute Gasteiger partial charge is 0.451 e. The molecule has 2 fully saturated rings. The molecule has 1 heterocycles. The molecule has 0 radical (unpaired) electrons. The molecule has 1 aliphatic heterocycles. The Hall–Kier alpha value is -2.70. The van der Waals surface area contributed by atoms with Crippen LogP contribution in [0.5, 0.6) is 0 Å². The number of benzene rings is 1. The summed E-state index contributed by atoms with van der Waals surface area (Å²) >= 11 is 0. The SMILES string of the molecule is Cc1cccc(C)c1NC(=O)[C@H](C)OC(=O)[C@H](C)N1C(=O)[C@H]2CCCC[C@@H]2C1=O. The zero-order valence-corrected chi connectivity index (χ0v) is 17.4. The molecule has 29 heavy (non-hydrogen) atoms. The first-order valence-electron chi connectivity index (χ1n) is 10.2. The van der Waals surface area contributed by atoms with Crippen LogP contribution in [0.4, 0.5) is 5.69 Å². The number of anilines is 1. The quantitative estimate of drug-likeness (QED) is 0.606. The molecule has 7 nitrogen and oxygen atoms in total. The van der Waals surface area contributed by atoms with Gasteiger partial charge in [0.2, 0.25) is 11.8 Å². The van der Waals surface area contributed by atoms with Gasteiger partial charge in [0, 0.05) is 5.69 Å². The number of hydrogen-bond acceptors (Lipinski definition) is 5. The summed E-state index contributed by atoms with van der Waals surface area (Å²) in [4.78, 5) is 51.4. The van der Waals surface area contributed by atoms with Crippen molar-refractivity contribution in [2.24, 2.45) is 11.8 Å². The van der Waals surface area contributed by atoms with Crippen LogP contribution in [0.1, 0.15) is 50.7 Å². The summed E-state index contributed by atoms with van der Waals surface area (Å²) in [5.74, 6) is -2.45. The van der Waals surface area contributed by atoms with Crippen LogP contribution in [0.2, 0.25) is 0 Å². The topological polar surface area (TPSA) is 92.8 Å². The first kappa shape index (κ1) is 21.0. The second kappa shape index (κ2) is 8.35. The van der Waals surface area contributed by atoms with E-state index in [9.17, 15) is 19.2 Å². The highest BCUT2D eigenvalue weighted by Gasteiger charge is 2.51. The van der Waals surface area contributed by atoms with Gasteiger partial charge in [0.25, 0.3) is 5.91 Å². The molecule has 1 aliphatic carbocycles. The van der Waals surface area contributed by atoms with Crippen LogP contribution in [0.25, 0.3) is 0 Å². The average Bonchev–Trinajstić information content (AvgIpc) is 2.95. The number of para-hydroxylation sites is 1. The summed E-state index contributed by atoms with van der Waals surface area (Å²) in [6.07, 6.45) is 2.15. The Kier molecular flexibility index (Phi) is 6.05. The van der Waals surface area contributed by atoms with Crippen molar-refractivity contribution < 1.29 is 23.9 Å². The van der Waals surface area contributed by atoms with Crippen molar-refractivity contribution in [3.63, 3.8) is 0 Å². The second-order valence-electron chi connectivity index (χ2n) is 8.06. The standard InChI is InChI=1S/C22H28N2O5/c1-12-8-7-9-13(2)18(12)23-19(25)15(4)29-22(28)14(3)24-20(26)16-10-5-6-11-17(16)21(24)27/h7-9,14-17H,5-6,10-11H2,1-4H3,(H,23,25)/t14-,15-,16-,17-/m0/s1. The lowest BCUT2D eigenvalue weighted by Gasteiger charge is -2.23. The van der Waals surface area contributed by atoms with Gasteiger partial charge in [-0.25, -0.2) is 4.79 Å². The summed E-state index contributed by atoms with van der Waals surface area (Å²) in [5, 5.41) is 2.79. The van der Waals surface area contributed by atoms with Gasteiger partial charge in [-0.3, -0.25) is 19.3 Å². The fraction of sp³-hybridized carbons (Fsp3) is 0.545. The normalized spacial score (nSPS) is 23.4. The summed E-state index contributed by atoms with van der Waals surface area (Å²) < 4.78 is 5.29. The highest BCUT2D eigenvalue weighted by molar-refractivity contribution is 6.08. The molecule has 4 atom stereocenters. The summed E-state index contributed by atoms with van der Waals surface area (Å²) in [7, 11) is 0. The Morgan fingerprint density at radius 3 is 2.07 bits per heavy atom. The van der Waals surface area contributed by atoms with E-state index in [1.807, 2.05) is 32.0 Å². The van der Waals surface area contributed by atoms with Crippen molar-refractivity contribution in [2.75, 3.05) is 5.32 Å². The molecule has 1 aromatic carbocycles. The Labute approximate surface area is 170 Å². The molecule has 3 amide bonds. The van der Waals surface area contributed by atoms with Gasteiger partial charge in [0.15, 0.2) is 6.10 Å². The van der Waals surface area contributed by atoms with Gasteiger partial charge in [-0.05, 0) is 51.7 Å². The highest BCUT2D eigenvalue weighted by Crippen LogP contribution is 2.39. The van der Waals surface area contributed by atoms with E-state index in [0.29, 0.717) is 18.5 Å². The van der Waals surface area contributed by atoms with Crippen LogP contribution >= 0.6 is 0 Å². The fourth-order valence-corrected chi connectivity index (χ4v) is 4.24. The number of aryl methyl sites for hydroxylation is 2. The van der Waals surface area contributed by atoms with Crippen molar-refractivity contribution in [3.8, 4) is 0 Å². The molecule has 2 aliphatic rings. The number of fused-ring (bicyclic) bond motifs is 1. The van der Waals surface area contributed by atoms with Gasteiger partial charge >= 0.3 is 5.97 Å². The molecule has 0 aromatic heterocycles. The first-order chi connectivity index (χ1) is 13.7. The molecule has 156 valence electrons. The lowest BCUT2D eigenvalue weighted by atomic mass is 9.81. The van der Waals surface area contributed by atoms with Crippen molar-refractivity contribution in [1.29, 1.82) is 0 Å². The number of hydrogen-bond donors (Lipinski definition) is 1. The number of imide groups is 1. The van der Waals surface area contributed by atoms with Crippen LogP contribution in [-0.4, -0.2) is 40.7 Å². The number of carbonyl (C=O) groups is 4. The summed E-state index contributed by atoms with van der Waals surface area (Å²) in [5.41, 5.74) is 2.49. The van der Waals surface area contributed by atoms with E-state index in [4.69, 9.17) is 4.74 Å². The lowest BCUT2D eigenvalue weighted by molar-refractivity contribution is -0.163. The number of nitrogens with one attached hydrogen (secondary N) is 1. The third kappa shape index (κ3) is 4.04. The Bertz CT molecular complexity index is 805. The highest BCUT2D eigenvalue weighted by atomic mass is 16.5. The molecule has 0 bridgehead atoms. The Balaban J connectivity index is 1.64. The van der Waals surface area contributed by atoms with E-state index >= 15 is 0 Å². The average molecular weight is 400 g/mol. The van der Waals surface area contributed by atoms with Gasteiger partial charge in [-0.2, -0.15) is 0 Å². The minimum atomic E-state index is -1.06. The number of nitrogens with zero attached hydrogens (tertiary/aromatic N) is 1. The van der Waals surface area contributed by atoms with E-state index in [-0.39, 0.29) is 23.7 Å². The lowest BCUT2D eigenvalue weighted by Crippen LogP contribution is -2.46. The van der Waals surface area contributed by atoms with E-state index in [1.165, 1.54) is 13.8 Å². The van der Waals surface area contributed by atoms with Crippen molar-refractivity contribution >= 4 is 29.4 Å². The molecule has 1 aromatic rings. The predicted octanol–water partition coefficient (Wildman–Crippen LogP) is 2.74. The van der Waals surface area contributed by atoms with Gasteiger partial charge in [0.05, 0.1) is 11.8 Å². The molecule has 3 rings (SSSR count). The van der Waals surface area contributed by atoms with Gasteiger partial charge < -0.3 is 10.1 Å². The number of esters is 1. The summed E-state index contributed by atoms with van der Waals surface area (Å²) in [6, 6.07) is 4.61. The molecule has 1 saturated carbocycles. The molecule has 1 saturated heterocycles. The number of carbonyl (C=O) groups excluding carboxylic acids is 4. The minimum absolute atomic E-state index is 0.295. The van der Waals surface area contributed by atoms with Crippen molar-refractivity contribution in [3.05, 3.63) is 29.3 Å². The van der Waals surface area contributed by atoms with E-state index in [0.717, 1.165) is 28.9 Å². The van der Waals surface area contributed by atoms with Crippen molar-refractivity contribution in [2.45, 2.75) is 65.5 Å². The first-order valence-corrected chi connectivity index (χ1v) is 10.2. The summed E-state index contributed by atoms with van der Waals surface area (Å²) in [6.45, 7) is 6.71. The zero-order chi connectivity index (χ0) is 21.3. The van der Waals surface area contributed by atoms with Crippen LogP contribution < -0.4 is 5.32 Å². The third-order valence-corrected chi connectivity index (χ3v) is 6.00. The number of ether oxygens (including phenoxy) is 1. The van der Waals surface area contributed by atoms with E-state index in [2.05, 4.69) is 5.32 Å². The molecular formula is C22H28N2O5. The molecule has 7 heteroatoms. The molecule has 0 unspecified atom stereocenters. The van der Waals surface area contributed by atoms with E-state index < -0.39 is 24.0 Å². The Morgan fingerprint density at radius 1 is 1.03 bits per heavy atom. The smallest absolute Gasteiger partial charge is 0.329 e. The van der Waals surface area contributed by atoms with E-state index in [1.54, 1.807) is 0 Å². The number of rotatable bonds is 5. The van der Waals surface area contributed by atoms with Gasteiger partial charge in [-0.15, -0.1) is 0 Å². The number of likely N-dealkylation sites (tertiary alicyclic amines) is 1. The van der Waals surface area contributed by atoms with Gasteiger partial charge in [0.1, 0.15) is 6.04 Å². The molecule has 0 spiro atoms. The third-order valence-electron chi connectivity index (χ3n) is 6.00. The van der Waals surface area contributed by atoms with Crippen LogP contribution in [0.3, 0.4) is 0 Å². The molecule has 1 N–H and O–H groups in total. The number of amides is 3. The maximum atomic E-state index is 12.6. The van der Waals surface area contributed by atoms with Crippen LogP contribution in [-0.2, 0) is 23.9 Å². The van der Waals surface area contributed by atoms with Crippen LogP contribution in [0.15, 0.2) is 18.2 Å². The van der Waals surface area contributed by atoms with Crippen molar-refractivity contribution in [1.82, 2.24) is 4.90 Å².